The van der Waals surface area contributed by atoms with Gasteiger partial charge in [0, 0.05) is 0 Å². The molecule has 0 saturated carbocycles. The molecular weight excluding hydrogens is 562 g/mol. The van der Waals surface area contributed by atoms with Crippen molar-refractivity contribution < 1.29 is 155 Å². The Morgan fingerprint density at radius 3 is 2.26 bits per heavy atom. The van der Waals surface area contributed by atoms with Crippen LogP contribution in [0.5, 0.6) is 0 Å². The largest absolute Gasteiger partial charge is 1.00 e. The van der Waals surface area contributed by atoms with Crippen LogP contribution >= 0.6 is 23.5 Å². The van der Waals surface area contributed by atoms with Crippen LogP contribution in [0.4, 0.5) is 0 Å². The van der Waals surface area contributed by atoms with Gasteiger partial charge < -0.3 is 39.0 Å². The first-order chi connectivity index (χ1) is 14.2. The molecule has 0 bridgehead atoms. The van der Waals surface area contributed by atoms with Gasteiger partial charge in [-0.15, -0.1) is 0 Å². The molecule has 0 aromatic rings. The molecule has 3 aliphatic rings. The Hall–Kier alpha value is 1.77. The third-order valence-electron chi connectivity index (χ3n) is 3.87. The number of amidine groups is 1. The molecule has 1 fully saturated rings. The molecule has 4 unspecified atom stereocenters. The molecule has 3 rings (SSSR count). The minimum Gasteiger partial charge on any atom is -0.756 e. The monoisotopic (exact) mass is 574 g/mol. The predicted octanol–water partition coefficient (Wildman–Crippen LogP) is -13.4. The van der Waals surface area contributed by atoms with Crippen molar-refractivity contribution in [3.8, 4) is 0 Å². The maximum absolute atomic E-state index is 11.7. The second-order valence-corrected chi connectivity index (χ2v) is 10.3. The van der Waals surface area contributed by atoms with Gasteiger partial charge >= 0.3 is 88.7 Å². The average Bonchev–Trinajstić information content (AvgIpc) is 3.13. The summed E-state index contributed by atoms with van der Waals surface area (Å²) in [6.45, 7) is -1.09. The molecule has 8 atom stereocenters. The summed E-state index contributed by atoms with van der Waals surface area (Å²) in [5.74, 6) is -0.623. The van der Waals surface area contributed by atoms with Gasteiger partial charge in [-0.05, 0) is 0 Å². The SMILES string of the molecule is O=C1N=CN=C2C1N=CN2[C@@H]1O[C@H](COP(=O)([O-])OP(=O)([O-])OP(=O)([O-])O)[C@@H](O)[C@H]1O.[Na+].[Na+].[Na+]. The van der Waals surface area contributed by atoms with E-state index >= 15 is 0 Å². The number of hydrogen-bond acceptors (Lipinski definition) is 16. The van der Waals surface area contributed by atoms with E-state index in [2.05, 4.69) is 28.1 Å². The van der Waals surface area contributed by atoms with Crippen LogP contribution in [-0.2, 0) is 36.4 Å². The third-order valence-corrected chi connectivity index (χ3v) is 7.56. The molecule has 0 spiro atoms. The summed E-state index contributed by atoms with van der Waals surface area (Å²) in [4.78, 5) is 65.4. The summed E-state index contributed by atoms with van der Waals surface area (Å²) >= 11 is 0. The second kappa shape index (κ2) is 13.7. The fraction of sp³-hybridized carbons (Fsp3) is 0.600. The summed E-state index contributed by atoms with van der Waals surface area (Å²) in [6.07, 6.45) is -4.38. The van der Waals surface area contributed by atoms with Crippen molar-refractivity contribution in [1.82, 2.24) is 4.90 Å². The molecule has 0 aromatic carbocycles. The van der Waals surface area contributed by atoms with Crippen molar-refractivity contribution >= 4 is 47.9 Å². The number of carbonyl (C=O) groups is 1. The first kappa shape index (κ1) is 35.8. The Bertz CT molecular complexity index is 992. The van der Waals surface area contributed by atoms with Crippen LogP contribution in [0.3, 0.4) is 0 Å². The molecule has 3 N–H and O–H groups in total. The first-order valence-electron chi connectivity index (χ1n) is 7.89. The zero-order valence-corrected chi connectivity index (χ0v) is 26.4. The molecule has 18 nitrogen and oxygen atoms in total. The summed E-state index contributed by atoms with van der Waals surface area (Å²) in [5.41, 5.74) is 0. The van der Waals surface area contributed by atoms with Crippen LogP contribution in [0.2, 0.25) is 0 Å². The molecule has 3 heterocycles. The smallest absolute Gasteiger partial charge is 0.756 e. The number of aliphatic hydroxyl groups is 2. The number of aliphatic hydroxyl groups excluding tert-OH is 2. The van der Waals surface area contributed by atoms with E-state index in [-0.39, 0.29) is 94.5 Å². The van der Waals surface area contributed by atoms with Gasteiger partial charge in [-0.1, -0.05) is 0 Å². The molecule has 34 heavy (non-hydrogen) atoms. The first-order valence-corrected chi connectivity index (χ1v) is 12.3. The van der Waals surface area contributed by atoms with E-state index in [1.165, 1.54) is 0 Å². The molecule has 24 heteroatoms. The van der Waals surface area contributed by atoms with E-state index in [0.29, 0.717) is 0 Å². The van der Waals surface area contributed by atoms with Gasteiger partial charge in [0.05, 0.1) is 12.9 Å². The summed E-state index contributed by atoms with van der Waals surface area (Å²) in [7, 11) is -17.8. The van der Waals surface area contributed by atoms with E-state index in [9.17, 15) is 43.4 Å². The van der Waals surface area contributed by atoms with Crippen LogP contribution in [0.25, 0.3) is 0 Å². The van der Waals surface area contributed by atoms with E-state index in [0.717, 1.165) is 17.6 Å². The predicted molar refractivity (Wildman–Crippen MR) is 88.9 cm³/mol. The fourth-order valence-electron chi connectivity index (χ4n) is 2.68. The van der Waals surface area contributed by atoms with Crippen molar-refractivity contribution in [3.63, 3.8) is 0 Å². The molecule has 1 saturated heterocycles. The van der Waals surface area contributed by atoms with Gasteiger partial charge in [-0.2, -0.15) is 4.99 Å². The summed E-state index contributed by atoms with van der Waals surface area (Å²) in [6, 6.07) is -1.08. The fourth-order valence-corrected chi connectivity index (χ4v) is 5.57. The molecular formula is C10H12N4Na3O14P3. The Labute approximate surface area is 257 Å². The van der Waals surface area contributed by atoms with Gasteiger partial charge in [0.1, 0.15) is 30.5 Å². The van der Waals surface area contributed by atoms with Crippen molar-refractivity contribution in [2.45, 2.75) is 30.6 Å². The number of ether oxygens (including phenoxy) is 1. The van der Waals surface area contributed by atoms with Gasteiger partial charge in [0.15, 0.2) is 12.3 Å². The van der Waals surface area contributed by atoms with E-state index in [4.69, 9.17) is 9.63 Å². The Morgan fingerprint density at radius 2 is 1.68 bits per heavy atom. The Kier molecular flexibility index (Phi) is 14.4. The average molecular weight is 574 g/mol. The zero-order valence-electron chi connectivity index (χ0n) is 17.7. The van der Waals surface area contributed by atoms with Crippen molar-refractivity contribution in [2.24, 2.45) is 15.0 Å². The molecule has 3 aliphatic heterocycles. The number of rotatable bonds is 8. The molecule has 0 aliphatic carbocycles. The number of amides is 1. The number of nitrogens with zero attached hydrogens (tertiary/aromatic N) is 4. The Balaban J connectivity index is 0.00000363. The summed E-state index contributed by atoms with van der Waals surface area (Å²) < 4.78 is 49.2. The number of hydrogen-bond donors (Lipinski definition) is 3. The maximum Gasteiger partial charge on any atom is 1.00 e. The minimum atomic E-state index is -6.09. The number of fused-ring (bicyclic) bond motifs is 1. The van der Waals surface area contributed by atoms with Gasteiger partial charge in [-0.25, -0.2) is 13.6 Å². The topological polar surface area (TPSA) is 275 Å². The van der Waals surface area contributed by atoms with Crippen LogP contribution in [0, 0.1) is 0 Å². The van der Waals surface area contributed by atoms with Crippen molar-refractivity contribution in [1.29, 1.82) is 0 Å². The van der Waals surface area contributed by atoms with Gasteiger partial charge in [-0.3, -0.25) is 28.4 Å². The van der Waals surface area contributed by atoms with Gasteiger partial charge in [0.2, 0.25) is 0 Å². The molecule has 1 amide bonds. The standard InChI is InChI=1S/C10H15N4O14P3.3Na/c15-6-4(1-25-30(21,22)28-31(23,24)27-29(18,19)20)26-10(7(6)16)14-3-13-5-8(14)11-2-12-9(5)17;;;/h2-7,10,15-16H,1H2,(H,21,22)(H,23,24)(H2,18,19,20);;;/q;3*+1/p-3/t4-,5?,6-,7-,10-;;;/m1.../s1. The zero-order chi connectivity index (χ0) is 23.2. The van der Waals surface area contributed by atoms with E-state index in [1.54, 1.807) is 0 Å². The normalized spacial score (nSPS) is 32.8. The quantitative estimate of drug-likeness (QED) is 0.179. The minimum absolute atomic E-state index is 0. The van der Waals surface area contributed by atoms with Crippen LogP contribution in [0.15, 0.2) is 15.0 Å². The number of aliphatic imine (C=N–C) groups is 3. The van der Waals surface area contributed by atoms with Crippen LogP contribution < -0.4 is 103 Å². The second-order valence-electron chi connectivity index (χ2n) is 6.01. The van der Waals surface area contributed by atoms with Crippen molar-refractivity contribution in [3.05, 3.63) is 0 Å². The molecule has 174 valence electrons. The third kappa shape index (κ3) is 9.20. The summed E-state index contributed by atoms with van der Waals surface area (Å²) in [5, 5.41) is 20.3. The molecule has 0 aromatic heterocycles. The number of carbonyl (C=O) groups excluding carboxylic acids is 1. The van der Waals surface area contributed by atoms with Crippen LogP contribution in [-0.4, -0.2) is 81.6 Å². The van der Waals surface area contributed by atoms with E-state index in [1.807, 2.05) is 0 Å². The van der Waals surface area contributed by atoms with Crippen molar-refractivity contribution in [2.75, 3.05) is 6.61 Å². The Morgan fingerprint density at radius 1 is 1.06 bits per heavy atom. The number of phosphoric acid groups is 3. The van der Waals surface area contributed by atoms with Crippen LogP contribution in [0.1, 0.15) is 0 Å². The maximum atomic E-state index is 11.7. The molecule has 0 radical (unpaired) electrons. The van der Waals surface area contributed by atoms with Gasteiger partial charge in [0.25, 0.3) is 29.4 Å². The van der Waals surface area contributed by atoms with E-state index < -0.39 is 66.6 Å². The number of phosphoric ester groups is 1.